The van der Waals surface area contributed by atoms with Crippen LogP contribution in [0.2, 0.25) is 6.04 Å². The molecule has 0 aliphatic carbocycles. The van der Waals surface area contributed by atoms with E-state index in [0.717, 1.165) is 0 Å². The summed E-state index contributed by atoms with van der Waals surface area (Å²) in [6.07, 6.45) is 5.02. The van der Waals surface area contributed by atoms with E-state index in [-0.39, 0.29) is 11.8 Å². The topological polar surface area (TPSA) is 44.8 Å². The number of carbonyl (C=O) groups is 1. The standard InChI is InChI=1S/C10H18O4Si/c1-5-10(11)9-15(12-6-2,13-7-3)14-8-4/h1H,6-9H2,2-4H3. The summed E-state index contributed by atoms with van der Waals surface area (Å²) in [5.74, 6) is 1.72. The van der Waals surface area contributed by atoms with Gasteiger partial charge in [-0.25, -0.2) is 0 Å². The Bertz CT molecular complexity index is 217. The first kappa shape index (κ1) is 14.3. The molecule has 86 valence electrons. The zero-order valence-electron chi connectivity index (χ0n) is 9.54. The van der Waals surface area contributed by atoms with Gasteiger partial charge in [0, 0.05) is 19.8 Å². The van der Waals surface area contributed by atoms with Crippen LogP contribution in [0.4, 0.5) is 0 Å². The van der Waals surface area contributed by atoms with Crippen LogP contribution in [0.3, 0.4) is 0 Å². The third-order valence-corrected chi connectivity index (χ3v) is 4.57. The fourth-order valence-electron chi connectivity index (χ4n) is 1.19. The third kappa shape index (κ3) is 5.09. The molecular weight excluding hydrogens is 212 g/mol. The molecule has 0 aromatic carbocycles. The maximum Gasteiger partial charge on any atom is 0.509 e. The molecule has 4 nitrogen and oxygen atoms in total. The SMILES string of the molecule is C#CC(=O)C[Si](OCC)(OCC)OCC. The molecule has 0 saturated heterocycles. The Morgan fingerprint density at radius 1 is 1.13 bits per heavy atom. The highest BCUT2D eigenvalue weighted by Gasteiger charge is 2.42. The lowest BCUT2D eigenvalue weighted by Gasteiger charge is -2.27. The number of ketones is 1. The number of hydrogen-bond acceptors (Lipinski definition) is 4. The monoisotopic (exact) mass is 230 g/mol. The molecule has 0 aliphatic heterocycles. The number of carbonyl (C=O) groups excluding carboxylic acids is 1. The average Bonchev–Trinajstić information content (AvgIpc) is 2.18. The Kier molecular flexibility index (Phi) is 7.26. The Labute approximate surface area is 92.3 Å². The second-order valence-electron chi connectivity index (χ2n) is 2.73. The highest BCUT2D eigenvalue weighted by atomic mass is 28.4. The van der Waals surface area contributed by atoms with Crippen molar-refractivity contribution in [3.05, 3.63) is 0 Å². The van der Waals surface area contributed by atoms with E-state index in [4.69, 9.17) is 19.7 Å². The molecule has 0 atom stereocenters. The summed E-state index contributed by atoms with van der Waals surface area (Å²) < 4.78 is 16.4. The van der Waals surface area contributed by atoms with Gasteiger partial charge in [-0.05, 0) is 26.7 Å². The van der Waals surface area contributed by atoms with Crippen LogP contribution >= 0.6 is 0 Å². The van der Waals surface area contributed by atoms with Crippen molar-refractivity contribution >= 4 is 14.6 Å². The minimum atomic E-state index is -2.87. The largest absolute Gasteiger partial charge is 0.509 e. The third-order valence-electron chi connectivity index (χ3n) is 1.63. The van der Waals surface area contributed by atoms with Gasteiger partial charge in [0.2, 0.25) is 5.78 Å². The number of hydrogen-bond donors (Lipinski definition) is 0. The molecule has 0 radical (unpaired) electrons. The van der Waals surface area contributed by atoms with Crippen molar-refractivity contribution in [3.63, 3.8) is 0 Å². The van der Waals surface area contributed by atoms with Gasteiger partial charge in [-0.3, -0.25) is 4.79 Å². The van der Waals surface area contributed by atoms with E-state index < -0.39 is 8.80 Å². The molecule has 0 saturated carbocycles. The van der Waals surface area contributed by atoms with Gasteiger partial charge in [-0.1, -0.05) is 0 Å². The maximum absolute atomic E-state index is 11.2. The minimum absolute atomic E-state index is 0.0546. The van der Waals surface area contributed by atoms with E-state index in [1.54, 1.807) is 0 Å². The van der Waals surface area contributed by atoms with Crippen molar-refractivity contribution in [1.82, 2.24) is 0 Å². The summed E-state index contributed by atoms with van der Waals surface area (Å²) in [6.45, 7) is 6.85. The molecule has 0 unspecified atom stereocenters. The molecule has 0 fully saturated rings. The summed E-state index contributed by atoms with van der Waals surface area (Å²) in [4.78, 5) is 11.2. The summed E-state index contributed by atoms with van der Waals surface area (Å²) >= 11 is 0. The van der Waals surface area contributed by atoms with Gasteiger partial charge < -0.3 is 13.3 Å². The first-order valence-electron chi connectivity index (χ1n) is 5.05. The second-order valence-corrected chi connectivity index (χ2v) is 5.31. The highest BCUT2D eigenvalue weighted by molar-refractivity contribution is 6.65. The van der Waals surface area contributed by atoms with E-state index in [1.165, 1.54) is 0 Å². The van der Waals surface area contributed by atoms with Gasteiger partial charge in [0.25, 0.3) is 0 Å². The zero-order valence-corrected chi connectivity index (χ0v) is 10.5. The summed E-state index contributed by atoms with van der Waals surface area (Å²) in [7, 11) is -2.87. The second kappa shape index (κ2) is 7.60. The first-order valence-corrected chi connectivity index (χ1v) is 6.98. The Hall–Kier alpha value is -0.673. The molecule has 0 heterocycles. The van der Waals surface area contributed by atoms with Gasteiger partial charge in [-0.2, -0.15) is 0 Å². The van der Waals surface area contributed by atoms with Crippen LogP contribution in [0.15, 0.2) is 0 Å². The van der Waals surface area contributed by atoms with E-state index in [9.17, 15) is 4.79 Å². The van der Waals surface area contributed by atoms with Gasteiger partial charge in [0.1, 0.15) is 0 Å². The fourth-order valence-corrected chi connectivity index (χ4v) is 3.56. The van der Waals surface area contributed by atoms with Gasteiger partial charge in [0.05, 0.1) is 6.04 Å². The van der Waals surface area contributed by atoms with Crippen molar-refractivity contribution in [2.24, 2.45) is 0 Å². The van der Waals surface area contributed by atoms with Crippen molar-refractivity contribution in [1.29, 1.82) is 0 Å². The van der Waals surface area contributed by atoms with Gasteiger partial charge in [-0.15, -0.1) is 6.42 Å². The molecular formula is C10H18O4Si. The highest BCUT2D eigenvalue weighted by Crippen LogP contribution is 2.16. The summed E-state index contributed by atoms with van der Waals surface area (Å²) in [5.41, 5.74) is 0. The predicted molar refractivity (Wildman–Crippen MR) is 59.3 cm³/mol. The molecule has 0 bridgehead atoms. The van der Waals surface area contributed by atoms with E-state index >= 15 is 0 Å². The summed E-state index contributed by atoms with van der Waals surface area (Å²) in [5, 5.41) is 0. The average molecular weight is 230 g/mol. The van der Waals surface area contributed by atoms with Crippen LogP contribution in [0.1, 0.15) is 20.8 Å². The lowest BCUT2D eigenvalue weighted by Crippen LogP contribution is -2.47. The van der Waals surface area contributed by atoms with E-state index in [1.807, 2.05) is 20.8 Å². The van der Waals surface area contributed by atoms with Crippen LogP contribution in [0.25, 0.3) is 0 Å². The maximum atomic E-state index is 11.2. The van der Waals surface area contributed by atoms with Gasteiger partial charge >= 0.3 is 8.80 Å². The smallest absolute Gasteiger partial charge is 0.373 e. The quantitative estimate of drug-likeness (QED) is 0.357. The van der Waals surface area contributed by atoms with Crippen molar-refractivity contribution in [2.45, 2.75) is 26.8 Å². The molecule has 0 aromatic rings. The van der Waals surface area contributed by atoms with Crippen molar-refractivity contribution < 1.29 is 18.1 Å². The molecule has 15 heavy (non-hydrogen) atoms. The predicted octanol–water partition coefficient (Wildman–Crippen LogP) is 1.24. The molecule has 0 spiro atoms. The van der Waals surface area contributed by atoms with E-state index in [0.29, 0.717) is 19.8 Å². The van der Waals surface area contributed by atoms with Crippen LogP contribution in [0.5, 0.6) is 0 Å². The molecule has 0 rings (SSSR count). The molecule has 5 heteroatoms. The van der Waals surface area contributed by atoms with E-state index in [2.05, 4.69) is 5.92 Å². The van der Waals surface area contributed by atoms with Crippen LogP contribution < -0.4 is 0 Å². The molecule has 0 aliphatic rings. The van der Waals surface area contributed by atoms with Crippen LogP contribution in [-0.4, -0.2) is 34.4 Å². The lowest BCUT2D eigenvalue weighted by atomic mass is 10.5. The minimum Gasteiger partial charge on any atom is -0.373 e. The van der Waals surface area contributed by atoms with Crippen molar-refractivity contribution in [3.8, 4) is 12.3 Å². The lowest BCUT2D eigenvalue weighted by molar-refractivity contribution is -0.112. The Balaban J connectivity index is 4.60. The number of rotatable bonds is 8. The zero-order chi connectivity index (χ0) is 11.7. The Morgan fingerprint density at radius 2 is 1.53 bits per heavy atom. The summed E-state index contributed by atoms with van der Waals surface area (Å²) in [6, 6.07) is 0.0546. The van der Waals surface area contributed by atoms with Crippen molar-refractivity contribution in [2.75, 3.05) is 19.8 Å². The Morgan fingerprint density at radius 3 is 1.80 bits per heavy atom. The normalized spacial score (nSPS) is 11.1. The first-order chi connectivity index (χ1) is 7.14. The number of Topliss-reactive ketones (excluding diaryl/α,β-unsaturated/α-hetero) is 1. The molecule has 0 amide bonds. The van der Waals surface area contributed by atoms with Crippen LogP contribution in [-0.2, 0) is 18.1 Å². The molecule has 0 aromatic heterocycles. The van der Waals surface area contributed by atoms with Crippen LogP contribution in [0, 0.1) is 12.3 Å². The fraction of sp³-hybridized carbons (Fsp3) is 0.700. The van der Waals surface area contributed by atoms with Gasteiger partial charge in [0.15, 0.2) is 0 Å². The molecule has 0 N–H and O–H groups in total. The number of terminal acetylenes is 1.